The van der Waals surface area contributed by atoms with Crippen LogP contribution in [0.25, 0.3) is 0 Å². The Morgan fingerprint density at radius 3 is 2.14 bits per heavy atom. The summed E-state index contributed by atoms with van der Waals surface area (Å²) in [5.74, 6) is 0.300. The minimum Gasteiger partial charge on any atom is -0.497 e. The molecule has 0 heterocycles. The highest BCUT2D eigenvalue weighted by Crippen LogP contribution is 2.27. The fourth-order valence-electron chi connectivity index (χ4n) is 2.13. The highest BCUT2D eigenvalue weighted by molar-refractivity contribution is 5.89. The van der Waals surface area contributed by atoms with E-state index in [-0.39, 0.29) is 0 Å². The molecule has 4 nitrogen and oxygen atoms in total. The summed E-state index contributed by atoms with van der Waals surface area (Å²) in [5, 5.41) is 3.22. The molecule has 21 heavy (non-hydrogen) atoms. The predicted molar refractivity (Wildman–Crippen MR) is 84.3 cm³/mol. The van der Waals surface area contributed by atoms with Crippen molar-refractivity contribution in [2.45, 2.75) is 19.4 Å². The third-order valence-corrected chi connectivity index (χ3v) is 3.61. The molecule has 0 fully saturated rings. The molecule has 3 N–H and O–H groups in total. The molecule has 1 atom stereocenters. The van der Waals surface area contributed by atoms with Crippen molar-refractivity contribution in [2.24, 2.45) is 5.73 Å². The third kappa shape index (κ3) is 3.16. The maximum atomic E-state index is 12.0. The van der Waals surface area contributed by atoms with Crippen molar-refractivity contribution in [3.63, 3.8) is 0 Å². The van der Waals surface area contributed by atoms with E-state index in [1.165, 1.54) is 0 Å². The zero-order chi connectivity index (χ0) is 15.5. The fraction of sp³-hybridized carbons (Fsp3) is 0.235. The number of aryl methyl sites for hydroxylation is 1. The number of rotatable bonds is 5. The van der Waals surface area contributed by atoms with Gasteiger partial charge in [0.1, 0.15) is 11.3 Å². The highest BCUT2D eigenvalue weighted by Gasteiger charge is 2.33. The molecule has 0 bridgehead atoms. The van der Waals surface area contributed by atoms with Gasteiger partial charge < -0.3 is 15.8 Å². The maximum Gasteiger partial charge on any atom is 0.247 e. The Morgan fingerprint density at radius 2 is 1.67 bits per heavy atom. The van der Waals surface area contributed by atoms with Crippen LogP contribution in [0.3, 0.4) is 0 Å². The number of amides is 1. The number of methoxy groups -OCH3 is 1. The number of anilines is 1. The second-order valence-corrected chi connectivity index (χ2v) is 5.21. The van der Waals surface area contributed by atoms with Gasteiger partial charge in [0.25, 0.3) is 0 Å². The Labute approximate surface area is 124 Å². The Kier molecular flexibility index (Phi) is 4.17. The Bertz CT molecular complexity index is 620. The smallest absolute Gasteiger partial charge is 0.247 e. The summed E-state index contributed by atoms with van der Waals surface area (Å²) in [6.45, 7) is 3.79. The molecular formula is C17H20N2O2. The van der Waals surface area contributed by atoms with E-state index in [2.05, 4.69) is 5.32 Å². The Balaban J connectivity index is 2.34. The molecule has 0 radical (unpaired) electrons. The number of ether oxygens (including phenoxy) is 1. The van der Waals surface area contributed by atoms with Crippen LogP contribution in [0, 0.1) is 6.92 Å². The lowest BCUT2D eigenvalue weighted by atomic mass is 9.90. The van der Waals surface area contributed by atoms with Crippen LogP contribution in [0.2, 0.25) is 0 Å². The summed E-state index contributed by atoms with van der Waals surface area (Å²) in [5.41, 5.74) is 7.43. The van der Waals surface area contributed by atoms with E-state index >= 15 is 0 Å². The van der Waals surface area contributed by atoms with Gasteiger partial charge in [0.15, 0.2) is 0 Å². The van der Waals surface area contributed by atoms with E-state index in [9.17, 15) is 4.79 Å². The molecule has 2 aromatic carbocycles. The lowest BCUT2D eigenvalue weighted by molar-refractivity contribution is -0.122. The monoisotopic (exact) mass is 284 g/mol. The zero-order valence-corrected chi connectivity index (χ0v) is 12.5. The lowest BCUT2D eigenvalue weighted by Crippen LogP contribution is -2.45. The summed E-state index contributed by atoms with van der Waals surface area (Å²) in [7, 11) is 1.60. The van der Waals surface area contributed by atoms with E-state index in [1.807, 2.05) is 55.5 Å². The minimum absolute atomic E-state index is 0.437. The summed E-state index contributed by atoms with van der Waals surface area (Å²) < 4.78 is 5.14. The van der Waals surface area contributed by atoms with Crippen molar-refractivity contribution in [1.82, 2.24) is 0 Å². The maximum absolute atomic E-state index is 12.0. The Hall–Kier alpha value is -2.49. The topological polar surface area (TPSA) is 64.3 Å². The van der Waals surface area contributed by atoms with Crippen molar-refractivity contribution in [3.05, 3.63) is 59.7 Å². The van der Waals surface area contributed by atoms with E-state index in [0.717, 1.165) is 22.6 Å². The van der Waals surface area contributed by atoms with Crippen molar-refractivity contribution in [3.8, 4) is 5.75 Å². The number of hydrogen-bond donors (Lipinski definition) is 2. The van der Waals surface area contributed by atoms with Crippen LogP contribution < -0.4 is 15.8 Å². The van der Waals surface area contributed by atoms with Gasteiger partial charge in [-0.05, 0) is 43.7 Å². The first-order chi connectivity index (χ1) is 9.95. The van der Waals surface area contributed by atoms with Gasteiger partial charge in [-0.1, -0.05) is 29.8 Å². The van der Waals surface area contributed by atoms with Crippen molar-refractivity contribution >= 4 is 11.6 Å². The molecule has 0 aliphatic rings. The molecule has 0 saturated heterocycles. The number of primary amides is 1. The second kappa shape index (κ2) is 5.87. The standard InChI is InChI=1S/C17H20N2O2/c1-12-4-8-14(9-5-12)19-17(2,16(18)20)13-6-10-15(21-3)11-7-13/h4-11,19H,1-3H3,(H2,18,20). The highest BCUT2D eigenvalue weighted by atomic mass is 16.5. The number of hydrogen-bond acceptors (Lipinski definition) is 3. The average molecular weight is 284 g/mol. The van der Waals surface area contributed by atoms with E-state index in [1.54, 1.807) is 14.0 Å². The molecule has 0 spiro atoms. The number of carbonyl (C=O) groups excluding carboxylic acids is 1. The zero-order valence-electron chi connectivity index (χ0n) is 12.5. The van der Waals surface area contributed by atoms with Gasteiger partial charge in [0.2, 0.25) is 5.91 Å². The van der Waals surface area contributed by atoms with Gasteiger partial charge >= 0.3 is 0 Å². The normalized spacial score (nSPS) is 13.3. The van der Waals surface area contributed by atoms with Gasteiger partial charge in [-0.15, -0.1) is 0 Å². The first-order valence-corrected chi connectivity index (χ1v) is 6.75. The van der Waals surface area contributed by atoms with E-state index in [4.69, 9.17) is 10.5 Å². The van der Waals surface area contributed by atoms with Crippen molar-refractivity contribution in [2.75, 3.05) is 12.4 Å². The first-order valence-electron chi connectivity index (χ1n) is 6.75. The van der Waals surface area contributed by atoms with Crippen LogP contribution in [0.15, 0.2) is 48.5 Å². The van der Waals surface area contributed by atoms with Gasteiger partial charge in [-0.25, -0.2) is 0 Å². The number of benzene rings is 2. The lowest BCUT2D eigenvalue weighted by Gasteiger charge is -2.29. The summed E-state index contributed by atoms with van der Waals surface area (Å²) in [6.07, 6.45) is 0. The molecule has 2 aromatic rings. The molecule has 0 aliphatic carbocycles. The summed E-state index contributed by atoms with van der Waals surface area (Å²) in [6, 6.07) is 15.1. The average Bonchev–Trinajstić information content (AvgIpc) is 2.49. The number of nitrogens with two attached hydrogens (primary N) is 1. The fourth-order valence-corrected chi connectivity index (χ4v) is 2.13. The second-order valence-electron chi connectivity index (χ2n) is 5.21. The van der Waals surface area contributed by atoms with Crippen molar-refractivity contribution < 1.29 is 9.53 Å². The molecule has 0 aliphatic heterocycles. The SMILES string of the molecule is COc1ccc(C(C)(Nc2ccc(C)cc2)C(N)=O)cc1. The summed E-state index contributed by atoms with van der Waals surface area (Å²) in [4.78, 5) is 12.0. The van der Waals surface area contributed by atoms with E-state index < -0.39 is 11.4 Å². The van der Waals surface area contributed by atoms with Crippen molar-refractivity contribution in [1.29, 1.82) is 0 Å². The van der Waals surface area contributed by atoms with Crippen LogP contribution in [0.5, 0.6) is 5.75 Å². The van der Waals surface area contributed by atoms with Gasteiger partial charge in [-0.2, -0.15) is 0 Å². The molecule has 0 saturated carbocycles. The molecule has 4 heteroatoms. The van der Waals surface area contributed by atoms with Crippen LogP contribution >= 0.6 is 0 Å². The predicted octanol–water partition coefficient (Wildman–Crippen LogP) is 2.82. The van der Waals surface area contributed by atoms with Gasteiger partial charge in [0.05, 0.1) is 7.11 Å². The quantitative estimate of drug-likeness (QED) is 0.887. The third-order valence-electron chi connectivity index (χ3n) is 3.61. The number of carbonyl (C=O) groups is 1. The largest absolute Gasteiger partial charge is 0.497 e. The van der Waals surface area contributed by atoms with Crippen LogP contribution in [0.4, 0.5) is 5.69 Å². The van der Waals surface area contributed by atoms with E-state index in [0.29, 0.717) is 0 Å². The Morgan fingerprint density at radius 1 is 1.10 bits per heavy atom. The number of nitrogens with one attached hydrogen (secondary N) is 1. The summed E-state index contributed by atoms with van der Waals surface area (Å²) >= 11 is 0. The molecule has 0 aromatic heterocycles. The molecule has 2 rings (SSSR count). The first kappa shape index (κ1) is 14.9. The molecule has 1 unspecified atom stereocenters. The van der Waals surface area contributed by atoms with Gasteiger partial charge in [0, 0.05) is 5.69 Å². The minimum atomic E-state index is -0.985. The van der Waals surface area contributed by atoms with Crippen LogP contribution in [-0.2, 0) is 10.3 Å². The molecule has 1 amide bonds. The van der Waals surface area contributed by atoms with Crippen LogP contribution in [-0.4, -0.2) is 13.0 Å². The van der Waals surface area contributed by atoms with Crippen LogP contribution in [0.1, 0.15) is 18.1 Å². The van der Waals surface area contributed by atoms with Gasteiger partial charge in [-0.3, -0.25) is 4.79 Å². The molecular weight excluding hydrogens is 264 g/mol. The molecule has 110 valence electrons.